The summed E-state index contributed by atoms with van der Waals surface area (Å²) in [5.41, 5.74) is 0.547. The van der Waals surface area contributed by atoms with Crippen molar-refractivity contribution in [2.75, 3.05) is 0 Å². The summed E-state index contributed by atoms with van der Waals surface area (Å²) in [7, 11) is 0. The Morgan fingerprint density at radius 1 is 1.25 bits per heavy atom. The molecular formula is C14H22O2. The molecule has 0 aliphatic rings. The van der Waals surface area contributed by atoms with Crippen LogP contribution in [-0.2, 0) is 15.1 Å². The summed E-state index contributed by atoms with van der Waals surface area (Å²) in [6, 6.07) is 9.81. The molecule has 0 fully saturated rings. The third-order valence-electron chi connectivity index (χ3n) is 2.43. The monoisotopic (exact) mass is 222 g/mol. The second-order valence-electron chi connectivity index (χ2n) is 3.54. The topological polar surface area (TPSA) is 26.3 Å². The zero-order valence-corrected chi connectivity index (χ0v) is 10.9. The summed E-state index contributed by atoms with van der Waals surface area (Å²) in [6.07, 6.45) is 0.774. The van der Waals surface area contributed by atoms with Gasteiger partial charge in [-0.15, -0.1) is 0 Å². The first-order valence-electron chi connectivity index (χ1n) is 5.83. The molecule has 0 saturated carbocycles. The first kappa shape index (κ1) is 14.7. The lowest BCUT2D eigenvalue weighted by atomic mass is 9.93. The molecule has 90 valence electrons. The van der Waals surface area contributed by atoms with Crippen molar-refractivity contribution >= 4 is 5.97 Å². The molecule has 0 aromatic heterocycles. The number of carbonyl (C=O) groups excluding carboxylic acids is 1. The fraction of sp³-hybridized carbons (Fsp3) is 0.500. The van der Waals surface area contributed by atoms with E-state index in [1.54, 1.807) is 0 Å². The van der Waals surface area contributed by atoms with Gasteiger partial charge in [0.1, 0.15) is 5.60 Å². The lowest BCUT2D eigenvalue weighted by Crippen LogP contribution is -2.27. The van der Waals surface area contributed by atoms with Gasteiger partial charge in [0.15, 0.2) is 0 Å². The average Bonchev–Trinajstić information content (AvgIpc) is 2.32. The SMILES string of the molecule is CC.CCC(C)(OC(C)=O)c1ccccc1. The Bertz CT molecular complexity index is 306. The molecule has 0 spiro atoms. The highest BCUT2D eigenvalue weighted by Crippen LogP contribution is 2.28. The predicted octanol–water partition coefficient (Wildman–Crippen LogP) is 3.90. The Morgan fingerprint density at radius 2 is 1.75 bits per heavy atom. The molecule has 16 heavy (non-hydrogen) atoms. The Labute approximate surface area is 98.6 Å². The van der Waals surface area contributed by atoms with Crippen LogP contribution >= 0.6 is 0 Å². The zero-order chi connectivity index (χ0) is 12.6. The van der Waals surface area contributed by atoms with E-state index in [1.807, 2.05) is 58.0 Å². The van der Waals surface area contributed by atoms with Gasteiger partial charge in [-0.05, 0) is 18.9 Å². The number of hydrogen-bond acceptors (Lipinski definition) is 2. The van der Waals surface area contributed by atoms with Gasteiger partial charge < -0.3 is 4.74 Å². The maximum atomic E-state index is 11.0. The van der Waals surface area contributed by atoms with Crippen LogP contribution in [0.4, 0.5) is 0 Å². The minimum Gasteiger partial charge on any atom is -0.455 e. The van der Waals surface area contributed by atoms with Crippen molar-refractivity contribution in [2.24, 2.45) is 0 Å². The van der Waals surface area contributed by atoms with Gasteiger partial charge in [0.2, 0.25) is 0 Å². The molecular weight excluding hydrogens is 200 g/mol. The number of hydrogen-bond donors (Lipinski definition) is 0. The fourth-order valence-electron chi connectivity index (χ4n) is 1.44. The van der Waals surface area contributed by atoms with Crippen molar-refractivity contribution in [1.82, 2.24) is 0 Å². The van der Waals surface area contributed by atoms with Gasteiger partial charge in [-0.1, -0.05) is 51.1 Å². The molecule has 0 amide bonds. The summed E-state index contributed by atoms with van der Waals surface area (Å²) >= 11 is 0. The highest BCUT2D eigenvalue weighted by Gasteiger charge is 2.27. The van der Waals surface area contributed by atoms with Crippen molar-refractivity contribution in [3.05, 3.63) is 35.9 Å². The van der Waals surface area contributed by atoms with Crippen molar-refractivity contribution in [1.29, 1.82) is 0 Å². The van der Waals surface area contributed by atoms with E-state index in [9.17, 15) is 4.79 Å². The molecule has 2 heteroatoms. The molecule has 0 aliphatic heterocycles. The van der Waals surface area contributed by atoms with Crippen molar-refractivity contribution in [3.63, 3.8) is 0 Å². The van der Waals surface area contributed by atoms with Crippen molar-refractivity contribution < 1.29 is 9.53 Å². The number of rotatable bonds is 3. The minimum atomic E-state index is -0.493. The number of carbonyl (C=O) groups is 1. The highest BCUT2D eigenvalue weighted by atomic mass is 16.6. The van der Waals surface area contributed by atoms with Crippen LogP contribution in [0.1, 0.15) is 46.6 Å². The van der Waals surface area contributed by atoms with E-state index in [0.717, 1.165) is 12.0 Å². The van der Waals surface area contributed by atoms with Crippen LogP contribution in [0.15, 0.2) is 30.3 Å². The van der Waals surface area contributed by atoms with E-state index in [0.29, 0.717) is 0 Å². The van der Waals surface area contributed by atoms with Gasteiger partial charge in [-0.3, -0.25) is 4.79 Å². The lowest BCUT2D eigenvalue weighted by Gasteiger charge is -2.28. The van der Waals surface area contributed by atoms with Gasteiger partial charge in [0, 0.05) is 6.92 Å². The molecule has 0 saturated heterocycles. The molecule has 2 nitrogen and oxygen atoms in total. The van der Waals surface area contributed by atoms with E-state index in [2.05, 4.69) is 0 Å². The Balaban J connectivity index is 0.00000106. The maximum absolute atomic E-state index is 11.0. The quantitative estimate of drug-likeness (QED) is 0.725. The van der Waals surface area contributed by atoms with Gasteiger partial charge in [-0.25, -0.2) is 0 Å². The Morgan fingerprint density at radius 3 is 2.12 bits per heavy atom. The van der Waals surface area contributed by atoms with Gasteiger partial charge in [-0.2, -0.15) is 0 Å². The van der Waals surface area contributed by atoms with E-state index < -0.39 is 5.60 Å². The third kappa shape index (κ3) is 4.05. The third-order valence-corrected chi connectivity index (χ3v) is 2.43. The molecule has 0 radical (unpaired) electrons. The molecule has 0 heterocycles. The standard InChI is InChI=1S/C12H16O2.C2H6/c1-4-12(3,14-10(2)13)11-8-6-5-7-9-11;1-2/h5-9H,4H2,1-3H3;1-2H3. The summed E-state index contributed by atoms with van der Waals surface area (Å²) in [4.78, 5) is 11.0. The fourth-order valence-corrected chi connectivity index (χ4v) is 1.44. The van der Waals surface area contributed by atoms with E-state index in [1.165, 1.54) is 6.92 Å². The maximum Gasteiger partial charge on any atom is 0.303 e. The summed E-state index contributed by atoms with van der Waals surface area (Å²) in [5.74, 6) is -0.238. The van der Waals surface area contributed by atoms with Crippen LogP contribution in [0.25, 0.3) is 0 Å². The number of ether oxygens (including phenoxy) is 1. The summed E-state index contributed by atoms with van der Waals surface area (Å²) in [6.45, 7) is 9.39. The lowest BCUT2D eigenvalue weighted by molar-refractivity contribution is -0.156. The van der Waals surface area contributed by atoms with E-state index in [4.69, 9.17) is 4.74 Å². The van der Waals surface area contributed by atoms with Crippen LogP contribution in [0.5, 0.6) is 0 Å². The first-order chi connectivity index (χ1) is 7.58. The molecule has 1 atom stereocenters. The average molecular weight is 222 g/mol. The molecule has 1 aromatic carbocycles. The Hall–Kier alpha value is -1.31. The minimum absolute atomic E-state index is 0.238. The number of benzene rings is 1. The molecule has 1 unspecified atom stereocenters. The molecule has 1 aromatic rings. The largest absolute Gasteiger partial charge is 0.455 e. The predicted molar refractivity (Wildman–Crippen MR) is 67.2 cm³/mol. The number of esters is 1. The first-order valence-corrected chi connectivity index (χ1v) is 5.83. The van der Waals surface area contributed by atoms with Crippen LogP contribution < -0.4 is 0 Å². The normalized spacial score (nSPS) is 13.1. The van der Waals surface area contributed by atoms with Gasteiger partial charge in [0.25, 0.3) is 0 Å². The Kier molecular flexibility index (Phi) is 6.47. The molecule has 0 bridgehead atoms. The molecule has 0 aliphatic carbocycles. The van der Waals surface area contributed by atoms with Crippen molar-refractivity contribution in [3.8, 4) is 0 Å². The summed E-state index contributed by atoms with van der Waals surface area (Å²) < 4.78 is 5.33. The van der Waals surface area contributed by atoms with E-state index >= 15 is 0 Å². The van der Waals surface area contributed by atoms with Crippen LogP contribution in [-0.4, -0.2) is 5.97 Å². The van der Waals surface area contributed by atoms with Gasteiger partial charge in [0.05, 0.1) is 0 Å². The van der Waals surface area contributed by atoms with Crippen LogP contribution in [0.2, 0.25) is 0 Å². The second-order valence-corrected chi connectivity index (χ2v) is 3.54. The smallest absolute Gasteiger partial charge is 0.303 e. The van der Waals surface area contributed by atoms with Crippen molar-refractivity contribution in [2.45, 2.75) is 46.6 Å². The van der Waals surface area contributed by atoms with Gasteiger partial charge >= 0.3 is 5.97 Å². The zero-order valence-electron chi connectivity index (χ0n) is 10.9. The summed E-state index contributed by atoms with van der Waals surface area (Å²) in [5, 5.41) is 0. The second kappa shape index (κ2) is 7.04. The van der Waals surface area contributed by atoms with Crippen LogP contribution in [0.3, 0.4) is 0 Å². The highest BCUT2D eigenvalue weighted by molar-refractivity contribution is 5.66. The molecule has 0 N–H and O–H groups in total. The molecule has 1 rings (SSSR count). The van der Waals surface area contributed by atoms with E-state index in [-0.39, 0.29) is 5.97 Å². The van der Waals surface area contributed by atoms with Crippen LogP contribution in [0, 0.1) is 0 Å².